The molecule has 2 saturated heterocycles. The number of fused-ring (bicyclic) bond motifs is 1. The van der Waals surface area contributed by atoms with Gasteiger partial charge in [0.05, 0.1) is 12.6 Å². The van der Waals surface area contributed by atoms with Crippen LogP contribution in [-0.4, -0.2) is 82.3 Å². The van der Waals surface area contributed by atoms with E-state index in [0.717, 1.165) is 4.88 Å². The molecule has 0 radical (unpaired) electrons. The first-order valence-corrected chi connectivity index (χ1v) is 8.55. The number of rotatable bonds is 3. The van der Waals surface area contributed by atoms with Crippen molar-refractivity contribution in [3.8, 4) is 0 Å². The van der Waals surface area contributed by atoms with Crippen LogP contribution in [0.4, 0.5) is 4.79 Å². The van der Waals surface area contributed by atoms with Crippen molar-refractivity contribution in [2.45, 2.75) is 25.0 Å². The molecule has 1 aromatic rings. The Morgan fingerprint density at radius 1 is 1.50 bits per heavy atom. The molecule has 8 nitrogen and oxygen atoms in total. The van der Waals surface area contributed by atoms with Gasteiger partial charge in [-0.05, 0) is 17.9 Å². The first kappa shape index (κ1) is 17.7. The summed E-state index contributed by atoms with van der Waals surface area (Å²) < 4.78 is 31.6. The van der Waals surface area contributed by atoms with Crippen molar-refractivity contribution in [2.24, 2.45) is 0 Å². The van der Waals surface area contributed by atoms with Gasteiger partial charge in [0, 0.05) is 11.4 Å². The van der Waals surface area contributed by atoms with Gasteiger partial charge in [-0.3, -0.25) is 9.35 Å². The molecule has 2 fully saturated rings. The van der Waals surface area contributed by atoms with Crippen molar-refractivity contribution >= 4 is 63.1 Å². The van der Waals surface area contributed by atoms with Crippen molar-refractivity contribution in [2.75, 3.05) is 6.54 Å². The van der Waals surface area contributed by atoms with Gasteiger partial charge in [-0.15, -0.1) is 11.3 Å². The van der Waals surface area contributed by atoms with Crippen LogP contribution in [0.5, 0.6) is 0 Å². The normalized spacial score (nSPS) is 23.6. The van der Waals surface area contributed by atoms with Crippen molar-refractivity contribution in [1.29, 1.82) is 0 Å². The van der Waals surface area contributed by atoms with Gasteiger partial charge in [0.25, 0.3) is 5.91 Å². The molecular formula is C11H14N3NaO5S2. The fourth-order valence-corrected chi connectivity index (χ4v) is 4.26. The Bertz CT molecular complexity index is 678. The molecule has 2 atom stereocenters. The summed E-state index contributed by atoms with van der Waals surface area (Å²) in [6, 6.07) is 1.90. The van der Waals surface area contributed by atoms with Crippen molar-refractivity contribution in [3.63, 3.8) is 0 Å². The second-order valence-electron chi connectivity index (χ2n) is 4.84. The van der Waals surface area contributed by atoms with Gasteiger partial charge < -0.3 is 10.2 Å². The molecule has 0 aromatic carbocycles. The second kappa shape index (κ2) is 6.46. The standard InChI is InChI=1S/C11H13N3O5S2.Na.H/c15-10-9-8(14(10)21(17,18)19)3-4-13(9)11(16)12-6-7-2-1-5-20-7;;/h1-2,5,8-9H,3-4,6H2,(H,12,16)(H,17,18,19);;/t8-,9+;;/m1../s1. The quantitative estimate of drug-likeness (QED) is 0.428. The van der Waals surface area contributed by atoms with E-state index in [2.05, 4.69) is 5.32 Å². The minimum absolute atomic E-state index is 0. The molecule has 2 aliphatic heterocycles. The molecule has 22 heavy (non-hydrogen) atoms. The molecule has 0 aliphatic carbocycles. The van der Waals surface area contributed by atoms with Crippen molar-refractivity contribution in [1.82, 2.24) is 14.5 Å². The van der Waals surface area contributed by atoms with Gasteiger partial charge in [0.1, 0.15) is 6.04 Å². The van der Waals surface area contributed by atoms with E-state index < -0.39 is 34.3 Å². The molecule has 0 spiro atoms. The molecule has 3 rings (SSSR count). The average molecular weight is 355 g/mol. The zero-order chi connectivity index (χ0) is 15.2. The zero-order valence-electron chi connectivity index (χ0n) is 10.8. The number of β-lactam (4-membered cyclic amide) rings is 1. The second-order valence-corrected chi connectivity index (χ2v) is 7.17. The van der Waals surface area contributed by atoms with Crippen LogP contribution in [0.3, 0.4) is 0 Å². The Kier molecular flexibility index (Phi) is 5.20. The Morgan fingerprint density at radius 3 is 2.82 bits per heavy atom. The van der Waals surface area contributed by atoms with Crippen LogP contribution >= 0.6 is 11.3 Å². The van der Waals surface area contributed by atoms with Crippen LogP contribution in [0.15, 0.2) is 17.5 Å². The van der Waals surface area contributed by atoms with Crippen LogP contribution in [0, 0.1) is 0 Å². The van der Waals surface area contributed by atoms with Crippen LogP contribution in [0.2, 0.25) is 0 Å². The monoisotopic (exact) mass is 355 g/mol. The van der Waals surface area contributed by atoms with E-state index in [1.165, 1.54) is 16.2 Å². The molecule has 0 saturated carbocycles. The van der Waals surface area contributed by atoms with E-state index >= 15 is 0 Å². The molecule has 11 heteroatoms. The molecule has 116 valence electrons. The number of hydrogen-bond donors (Lipinski definition) is 2. The third kappa shape index (κ3) is 3.03. The Hall–Kier alpha value is -0.650. The van der Waals surface area contributed by atoms with Gasteiger partial charge >= 0.3 is 45.9 Å². The number of nitrogens with one attached hydrogen (secondary N) is 1. The number of amides is 3. The van der Waals surface area contributed by atoms with Gasteiger partial charge in [-0.2, -0.15) is 8.42 Å². The zero-order valence-corrected chi connectivity index (χ0v) is 12.4. The predicted octanol–water partition coefficient (Wildman–Crippen LogP) is -0.603. The summed E-state index contributed by atoms with van der Waals surface area (Å²) >= 11 is 1.51. The van der Waals surface area contributed by atoms with E-state index in [-0.39, 0.29) is 36.1 Å². The van der Waals surface area contributed by atoms with Crippen LogP contribution in [-0.2, 0) is 21.6 Å². The summed E-state index contributed by atoms with van der Waals surface area (Å²) in [4.78, 5) is 26.2. The number of urea groups is 1. The van der Waals surface area contributed by atoms with Crippen LogP contribution < -0.4 is 5.32 Å². The summed E-state index contributed by atoms with van der Waals surface area (Å²) in [5.41, 5.74) is 0. The van der Waals surface area contributed by atoms with E-state index in [1.54, 1.807) is 0 Å². The average Bonchev–Trinajstić information content (AvgIpc) is 3.00. The molecule has 2 N–H and O–H groups in total. The Balaban J connectivity index is 0.00000176. The first-order chi connectivity index (χ1) is 9.89. The first-order valence-electron chi connectivity index (χ1n) is 6.27. The number of carbonyl (C=O) groups is 2. The van der Waals surface area contributed by atoms with E-state index in [0.29, 0.717) is 17.3 Å². The van der Waals surface area contributed by atoms with Gasteiger partial charge in [-0.25, -0.2) is 9.10 Å². The number of thiophene rings is 1. The molecule has 1 aromatic heterocycles. The topological polar surface area (TPSA) is 107 Å². The van der Waals surface area contributed by atoms with E-state index in [4.69, 9.17) is 4.55 Å². The molecule has 0 unspecified atom stereocenters. The number of carbonyl (C=O) groups excluding carboxylic acids is 2. The van der Waals surface area contributed by atoms with Crippen LogP contribution in [0.25, 0.3) is 0 Å². The summed E-state index contributed by atoms with van der Waals surface area (Å²) in [6.07, 6.45) is 0.336. The summed E-state index contributed by atoms with van der Waals surface area (Å²) in [5.74, 6) is -0.758. The summed E-state index contributed by atoms with van der Waals surface area (Å²) in [5, 5.41) is 4.60. The fraction of sp³-hybridized carbons (Fsp3) is 0.455. The summed E-state index contributed by atoms with van der Waals surface area (Å²) in [7, 11) is -4.54. The van der Waals surface area contributed by atoms with Crippen LogP contribution in [0.1, 0.15) is 11.3 Å². The molecule has 3 heterocycles. The molecular weight excluding hydrogens is 341 g/mol. The van der Waals surface area contributed by atoms with Gasteiger partial charge in [0.2, 0.25) is 0 Å². The van der Waals surface area contributed by atoms with E-state index in [1.807, 2.05) is 17.5 Å². The predicted molar refractivity (Wildman–Crippen MR) is 81.0 cm³/mol. The van der Waals surface area contributed by atoms with Gasteiger partial charge in [0.15, 0.2) is 0 Å². The Labute approximate surface area is 153 Å². The molecule has 2 aliphatic rings. The van der Waals surface area contributed by atoms with E-state index in [9.17, 15) is 18.0 Å². The number of likely N-dealkylation sites (tertiary alicyclic amines) is 1. The molecule has 0 bridgehead atoms. The van der Waals surface area contributed by atoms with Crippen molar-refractivity contribution < 1.29 is 22.6 Å². The fourth-order valence-electron chi connectivity index (χ4n) is 2.72. The Morgan fingerprint density at radius 2 is 2.23 bits per heavy atom. The van der Waals surface area contributed by atoms with Crippen molar-refractivity contribution in [3.05, 3.63) is 22.4 Å². The third-order valence-corrected chi connectivity index (χ3v) is 5.47. The third-order valence-electron chi connectivity index (χ3n) is 3.64. The number of hydrogen-bond acceptors (Lipinski definition) is 5. The molecule has 3 amide bonds. The minimum atomic E-state index is -4.54. The maximum atomic E-state index is 12.1. The number of nitrogens with zero attached hydrogens (tertiary/aromatic N) is 2. The van der Waals surface area contributed by atoms with Gasteiger partial charge in [-0.1, -0.05) is 6.07 Å². The maximum absolute atomic E-state index is 12.1. The summed E-state index contributed by atoms with van der Waals surface area (Å²) in [6.45, 7) is 0.643. The SMILES string of the molecule is O=C(NCc1cccs1)N1CC[C@@H]2[C@H]1C(=O)N2S(=O)(=O)O.[NaH].